The van der Waals surface area contributed by atoms with Crippen LogP contribution >= 0.6 is 0 Å². The van der Waals surface area contributed by atoms with E-state index in [0.717, 1.165) is 18.5 Å². The van der Waals surface area contributed by atoms with E-state index >= 15 is 0 Å². The van der Waals surface area contributed by atoms with Crippen LogP contribution in [-0.4, -0.2) is 47.2 Å². The Bertz CT molecular complexity index is 499. The zero-order valence-corrected chi connectivity index (χ0v) is 12.8. The Morgan fingerprint density at radius 3 is 2.45 bits per heavy atom. The number of anilines is 1. The lowest BCUT2D eigenvalue weighted by molar-refractivity contribution is -0.143. The highest BCUT2D eigenvalue weighted by Crippen LogP contribution is 2.15. The molecular formula is C16H23N3O3. The molecule has 0 aliphatic carbocycles. The number of carbonyl (C=O) groups excluding carboxylic acids is 1. The third-order valence-electron chi connectivity index (χ3n) is 4.01. The van der Waals surface area contributed by atoms with Gasteiger partial charge in [-0.2, -0.15) is 0 Å². The first-order valence-electron chi connectivity index (χ1n) is 7.69. The number of piperidine rings is 1. The van der Waals surface area contributed by atoms with Gasteiger partial charge in [-0.15, -0.1) is 0 Å². The molecule has 1 aliphatic rings. The van der Waals surface area contributed by atoms with E-state index in [1.165, 1.54) is 0 Å². The first-order valence-corrected chi connectivity index (χ1v) is 7.69. The predicted molar refractivity (Wildman–Crippen MR) is 84.9 cm³/mol. The lowest BCUT2D eigenvalue weighted by atomic mass is 10.0. The van der Waals surface area contributed by atoms with Crippen LogP contribution in [0.4, 0.5) is 10.5 Å². The first kappa shape index (κ1) is 16.3. The predicted octanol–water partition coefficient (Wildman–Crippen LogP) is 2.14. The summed E-state index contributed by atoms with van der Waals surface area (Å²) in [6.45, 7) is 3.28. The maximum atomic E-state index is 11.9. The van der Waals surface area contributed by atoms with Crippen LogP contribution in [0.5, 0.6) is 0 Å². The number of nitrogens with one attached hydrogen (secondary N) is 2. The van der Waals surface area contributed by atoms with Crippen LogP contribution in [0.3, 0.4) is 0 Å². The highest BCUT2D eigenvalue weighted by Gasteiger charge is 2.28. The van der Waals surface area contributed by atoms with Gasteiger partial charge in [-0.05, 0) is 31.4 Å². The number of nitrogens with zero attached hydrogens (tertiary/aromatic N) is 1. The normalized spacial score (nSPS) is 17.7. The molecule has 1 aromatic rings. The topological polar surface area (TPSA) is 81.7 Å². The molecule has 22 heavy (non-hydrogen) atoms. The molecule has 1 aromatic carbocycles. The molecule has 0 spiro atoms. The van der Waals surface area contributed by atoms with Crippen LogP contribution in [0.2, 0.25) is 0 Å². The second-order valence-corrected chi connectivity index (χ2v) is 5.54. The molecule has 6 nitrogen and oxygen atoms in total. The van der Waals surface area contributed by atoms with Crippen molar-refractivity contribution in [1.82, 2.24) is 10.2 Å². The third kappa shape index (κ3) is 4.46. The second kappa shape index (κ2) is 7.79. The van der Waals surface area contributed by atoms with Crippen molar-refractivity contribution in [1.29, 1.82) is 0 Å². The third-order valence-corrected chi connectivity index (χ3v) is 4.01. The standard InChI is InChI=1S/C16H23N3O3/c1-2-14(15(20)21)19-10-8-13(9-11-19)18-16(22)17-12-6-4-3-5-7-12/h3-7,13-14H,2,8-11H2,1H3,(H,20,21)(H2,17,18,22). The number of carboxylic acid groups (broad SMARTS) is 1. The number of rotatable bonds is 5. The molecule has 0 bridgehead atoms. The van der Waals surface area contributed by atoms with Crippen LogP contribution in [0, 0.1) is 0 Å². The quantitative estimate of drug-likeness (QED) is 0.778. The van der Waals surface area contributed by atoms with E-state index in [9.17, 15) is 14.7 Å². The molecule has 6 heteroatoms. The summed E-state index contributed by atoms with van der Waals surface area (Å²) < 4.78 is 0. The Balaban J connectivity index is 1.77. The van der Waals surface area contributed by atoms with Gasteiger partial charge in [0.1, 0.15) is 6.04 Å². The van der Waals surface area contributed by atoms with Gasteiger partial charge in [0.05, 0.1) is 0 Å². The van der Waals surface area contributed by atoms with E-state index in [1.807, 2.05) is 42.2 Å². The van der Waals surface area contributed by atoms with E-state index in [1.54, 1.807) is 0 Å². The van der Waals surface area contributed by atoms with Crippen LogP contribution < -0.4 is 10.6 Å². The summed E-state index contributed by atoms with van der Waals surface area (Å²) >= 11 is 0. The molecule has 1 aliphatic heterocycles. The van der Waals surface area contributed by atoms with Crippen LogP contribution in [0.25, 0.3) is 0 Å². The minimum absolute atomic E-state index is 0.0891. The van der Waals surface area contributed by atoms with Crippen LogP contribution in [0.15, 0.2) is 30.3 Å². The Kier molecular flexibility index (Phi) is 5.77. The summed E-state index contributed by atoms with van der Waals surface area (Å²) in [7, 11) is 0. The molecule has 1 atom stereocenters. The van der Waals surface area contributed by atoms with E-state index in [-0.39, 0.29) is 12.1 Å². The van der Waals surface area contributed by atoms with Crippen molar-refractivity contribution in [3.8, 4) is 0 Å². The van der Waals surface area contributed by atoms with Gasteiger partial charge in [-0.25, -0.2) is 4.79 Å². The van der Waals surface area contributed by atoms with Crippen molar-refractivity contribution in [3.63, 3.8) is 0 Å². The first-order chi connectivity index (χ1) is 10.6. The summed E-state index contributed by atoms with van der Waals surface area (Å²) in [5.41, 5.74) is 0.759. The zero-order chi connectivity index (χ0) is 15.9. The molecule has 0 radical (unpaired) electrons. The van der Waals surface area contributed by atoms with Crippen LogP contribution in [-0.2, 0) is 4.79 Å². The minimum atomic E-state index is -0.768. The average Bonchev–Trinajstić information content (AvgIpc) is 2.50. The lowest BCUT2D eigenvalue weighted by Crippen LogP contribution is -2.50. The number of carbonyl (C=O) groups is 2. The summed E-state index contributed by atoms with van der Waals surface area (Å²) in [5, 5.41) is 14.9. The van der Waals surface area contributed by atoms with Gasteiger partial charge in [0.15, 0.2) is 0 Å². The number of amides is 2. The molecule has 0 aromatic heterocycles. The summed E-state index contributed by atoms with van der Waals surface area (Å²) in [5.74, 6) is -0.768. The molecule has 2 rings (SSSR count). The fourth-order valence-corrected chi connectivity index (χ4v) is 2.82. The largest absolute Gasteiger partial charge is 0.480 e. The van der Waals surface area contributed by atoms with Crippen molar-refractivity contribution in [2.45, 2.75) is 38.3 Å². The number of para-hydroxylation sites is 1. The van der Waals surface area contributed by atoms with E-state index in [0.29, 0.717) is 19.5 Å². The molecule has 3 N–H and O–H groups in total. The van der Waals surface area contributed by atoms with Crippen molar-refractivity contribution in [3.05, 3.63) is 30.3 Å². The summed E-state index contributed by atoms with van der Waals surface area (Å²) in [4.78, 5) is 25.1. The van der Waals surface area contributed by atoms with Crippen molar-refractivity contribution >= 4 is 17.7 Å². The number of hydrogen-bond acceptors (Lipinski definition) is 3. The number of hydrogen-bond donors (Lipinski definition) is 3. The Labute approximate surface area is 130 Å². The average molecular weight is 305 g/mol. The monoisotopic (exact) mass is 305 g/mol. The molecule has 0 saturated carbocycles. The molecule has 1 unspecified atom stereocenters. The lowest BCUT2D eigenvalue weighted by Gasteiger charge is -2.35. The zero-order valence-electron chi connectivity index (χ0n) is 12.8. The Morgan fingerprint density at radius 1 is 1.27 bits per heavy atom. The SMILES string of the molecule is CCC(C(=O)O)N1CCC(NC(=O)Nc2ccccc2)CC1. The number of urea groups is 1. The molecule has 1 saturated heterocycles. The molecular weight excluding hydrogens is 282 g/mol. The van der Waals surface area contributed by atoms with E-state index in [2.05, 4.69) is 10.6 Å². The second-order valence-electron chi connectivity index (χ2n) is 5.54. The highest BCUT2D eigenvalue weighted by molar-refractivity contribution is 5.89. The number of aliphatic carboxylic acids is 1. The molecule has 2 amide bonds. The van der Waals surface area contributed by atoms with Crippen molar-refractivity contribution < 1.29 is 14.7 Å². The van der Waals surface area contributed by atoms with Gasteiger partial charge in [-0.1, -0.05) is 25.1 Å². The minimum Gasteiger partial charge on any atom is -0.480 e. The van der Waals surface area contributed by atoms with Crippen molar-refractivity contribution in [2.24, 2.45) is 0 Å². The number of carboxylic acids is 1. The van der Waals surface area contributed by atoms with Gasteiger partial charge in [0.25, 0.3) is 0 Å². The maximum Gasteiger partial charge on any atom is 0.320 e. The molecule has 120 valence electrons. The number of benzene rings is 1. The van der Waals surface area contributed by atoms with E-state index < -0.39 is 12.0 Å². The van der Waals surface area contributed by atoms with Gasteiger partial charge < -0.3 is 15.7 Å². The van der Waals surface area contributed by atoms with Gasteiger partial charge >= 0.3 is 12.0 Å². The fourth-order valence-electron chi connectivity index (χ4n) is 2.82. The Hall–Kier alpha value is -2.08. The van der Waals surface area contributed by atoms with Gasteiger partial charge in [-0.3, -0.25) is 9.69 Å². The van der Waals surface area contributed by atoms with Crippen molar-refractivity contribution in [2.75, 3.05) is 18.4 Å². The maximum absolute atomic E-state index is 11.9. The Morgan fingerprint density at radius 2 is 1.91 bits per heavy atom. The van der Waals surface area contributed by atoms with Crippen LogP contribution in [0.1, 0.15) is 26.2 Å². The molecule has 1 fully saturated rings. The molecule has 1 heterocycles. The summed E-state index contributed by atoms with van der Waals surface area (Å²) in [6, 6.07) is 8.75. The number of likely N-dealkylation sites (tertiary alicyclic amines) is 1. The van der Waals surface area contributed by atoms with Gasteiger partial charge in [0.2, 0.25) is 0 Å². The van der Waals surface area contributed by atoms with Gasteiger partial charge in [0, 0.05) is 24.8 Å². The smallest absolute Gasteiger partial charge is 0.320 e. The fraction of sp³-hybridized carbons (Fsp3) is 0.500. The highest BCUT2D eigenvalue weighted by atomic mass is 16.4. The van der Waals surface area contributed by atoms with E-state index in [4.69, 9.17) is 0 Å². The summed E-state index contributed by atoms with van der Waals surface area (Å²) in [6.07, 6.45) is 2.14.